The molecule has 0 aliphatic heterocycles. The number of aliphatic hydroxyl groups is 1. The molecule has 1 nitrogen and oxygen atoms in total. The van der Waals surface area contributed by atoms with Gasteiger partial charge in [0.25, 0.3) is 0 Å². The molecule has 0 aliphatic rings. The van der Waals surface area contributed by atoms with Crippen molar-refractivity contribution in [2.45, 2.75) is 65.2 Å². The fraction of sp³-hybridized carbons (Fsp3) is 1.00. The van der Waals surface area contributed by atoms with Crippen LogP contribution in [0.25, 0.3) is 0 Å². The zero-order chi connectivity index (χ0) is 9.94. The summed E-state index contributed by atoms with van der Waals surface area (Å²) in [7, 11) is 0. The monoisotopic (exact) mass is 186 g/mol. The van der Waals surface area contributed by atoms with Gasteiger partial charge in [-0.1, -0.05) is 58.8 Å². The summed E-state index contributed by atoms with van der Waals surface area (Å²) in [6.45, 7) is 4.85. The minimum absolute atomic E-state index is 0.358. The molecule has 0 aromatic carbocycles. The van der Waals surface area contributed by atoms with Crippen LogP contribution < -0.4 is 0 Å². The quantitative estimate of drug-likeness (QED) is 0.544. The van der Waals surface area contributed by atoms with Gasteiger partial charge >= 0.3 is 0 Å². The molecule has 0 aromatic rings. The predicted octanol–water partition coefficient (Wildman–Crippen LogP) is 3.76. The Labute approximate surface area is 83.5 Å². The molecule has 0 unspecified atom stereocenters. The lowest BCUT2D eigenvalue weighted by Crippen LogP contribution is -1.97. The van der Waals surface area contributed by atoms with Crippen LogP contribution in [0.1, 0.15) is 65.2 Å². The Bertz CT molecular complexity index is 91.1. The van der Waals surface area contributed by atoms with E-state index in [0.29, 0.717) is 6.61 Å². The maximum Gasteiger partial charge on any atom is 0.0433 e. The van der Waals surface area contributed by atoms with Crippen LogP contribution in [0.15, 0.2) is 0 Å². The van der Waals surface area contributed by atoms with Crippen molar-refractivity contribution < 1.29 is 5.11 Å². The summed E-state index contributed by atoms with van der Waals surface area (Å²) in [6.07, 6.45) is 10.6. The van der Waals surface area contributed by atoms with E-state index in [9.17, 15) is 0 Å². The van der Waals surface area contributed by atoms with Gasteiger partial charge in [-0.15, -0.1) is 0 Å². The fourth-order valence-electron chi connectivity index (χ4n) is 1.64. The summed E-state index contributed by atoms with van der Waals surface area (Å²) < 4.78 is 0. The van der Waals surface area contributed by atoms with E-state index in [2.05, 4.69) is 13.8 Å². The average molecular weight is 186 g/mol. The van der Waals surface area contributed by atoms with Crippen molar-refractivity contribution in [1.29, 1.82) is 0 Å². The van der Waals surface area contributed by atoms with E-state index in [1.807, 2.05) is 0 Å². The topological polar surface area (TPSA) is 20.2 Å². The Hall–Kier alpha value is -0.0400. The second kappa shape index (κ2) is 10.0. The van der Waals surface area contributed by atoms with E-state index in [0.717, 1.165) is 12.3 Å². The predicted molar refractivity (Wildman–Crippen MR) is 58.9 cm³/mol. The highest BCUT2D eigenvalue weighted by molar-refractivity contribution is 4.53. The van der Waals surface area contributed by atoms with Crippen molar-refractivity contribution in [3.63, 3.8) is 0 Å². The van der Waals surface area contributed by atoms with Crippen LogP contribution in [0, 0.1) is 5.92 Å². The van der Waals surface area contributed by atoms with Crippen LogP contribution in [0.5, 0.6) is 0 Å². The molecule has 0 bridgehead atoms. The van der Waals surface area contributed by atoms with Gasteiger partial charge < -0.3 is 5.11 Å². The molecule has 0 aliphatic carbocycles. The van der Waals surface area contributed by atoms with Crippen LogP contribution in [0.2, 0.25) is 0 Å². The van der Waals surface area contributed by atoms with Crippen LogP contribution in [0.3, 0.4) is 0 Å². The Morgan fingerprint density at radius 1 is 0.923 bits per heavy atom. The van der Waals surface area contributed by atoms with E-state index in [-0.39, 0.29) is 0 Å². The highest BCUT2D eigenvalue weighted by atomic mass is 16.2. The molecule has 0 radical (unpaired) electrons. The summed E-state index contributed by atoms with van der Waals surface area (Å²) in [5, 5.41) is 8.71. The van der Waals surface area contributed by atoms with Crippen molar-refractivity contribution in [2.24, 2.45) is 5.92 Å². The number of hydrogen-bond acceptors (Lipinski definition) is 1. The van der Waals surface area contributed by atoms with Gasteiger partial charge in [-0.3, -0.25) is 0 Å². The molecule has 0 heterocycles. The molecule has 13 heavy (non-hydrogen) atoms. The van der Waals surface area contributed by atoms with Crippen molar-refractivity contribution in [3.05, 3.63) is 0 Å². The second-order valence-electron chi connectivity index (χ2n) is 4.17. The summed E-state index contributed by atoms with van der Waals surface area (Å²) in [6, 6.07) is 0. The zero-order valence-electron chi connectivity index (χ0n) is 9.39. The van der Waals surface area contributed by atoms with E-state index in [1.54, 1.807) is 0 Å². The van der Waals surface area contributed by atoms with Gasteiger partial charge in [0.15, 0.2) is 0 Å². The lowest BCUT2D eigenvalue weighted by molar-refractivity contribution is 0.256. The molecule has 0 aromatic heterocycles. The average Bonchev–Trinajstić information content (AvgIpc) is 2.11. The first-order valence-electron chi connectivity index (χ1n) is 5.92. The maximum atomic E-state index is 8.71. The fourth-order valence-corrected chi connectivity index (χ4v) is 1.64. The molecular formula is C12H26O. The third-order valence-corrected chi connectivity index (χ3v) is 2.67. The van der Waals surface area contributed by atoms with E-state index in [4.69, 9.17) is 5.11 Å². The van der Waals surface area contributed by atoms with Gasteiger partial charge in [0, 0.05) is 6.61 Å². The molecule has 80 valence electrons. The molecule has 0 fully saturated rings. The van der Waals surface area contributed by atoms with Gasteiger partial charge in [-0.25, -0.2) is 0 Å². The Balaban J connectivity index is 2.97. The highest BCUT2D eigenvalue weighted by Crippen LogP contribution is 2.13. The van der Waals surface area contributed by atoms with E-state index in [1.165, 1.54) is 44.9 Å². The molecule has 1 heteroatoms. The third kappa shape index (κ3) is 9.88. The van der Waals surface area contributed by atoms with Crippen LogP contribution in [-0.2, 0) is 0 Å². The summed E-state index contributed by atoms with van der Waals surface area (Å²) >= 11 is 0. The summed E-state index contributed by atoms with van der Waals surface area (Å²) in [5.41, 5.74) is 0. The molecule has 0 saturated heterocycles. The largest absolute Gasteiger partial charge is 0.396 e. The van der Waals surface area contributed by atoms with Gasteiger partial charge in [0.2, 0.25) is 0 Å². The Kier molecular flexibility index (Phi) is 10.0. The summed E-state index contributed by atoms with van der Waals surface area (Å²) in [5.74, 6) is 0.719. The first-order valence-corrected chi connectivity index (χ1v) is 5.92. The standard InChI is InChI=1S/C12H26O/c1-3-4-5-6-7-8-9-12(2)10-11-13/h12-13H,3-11H2,1-2H3/t12-/m1/s1. The molecule has 0 rings (SSSR count). The number of unbranched alkanes of at least 4 members (excludes halogenated alkanes) is 5. The number of rotatable bonds is 9. The van der Waals surface area contributed by atoms with Crippen molar-refractivity contribution in [1.82, 2.24) is 0 Å². The van der Waals surface area contributed by atoms with Crippen LogP contribution in [-0.4, -0.2) is 11.7 Å². The highest BCUT2D eigenvalue weighted by Gasteiger charge is 1.99. The third-order valence-electron chi connectivity index (χ3n) is 2.67. The number of hydrogen-bond donors (Lipinski definition) is 1. The van der Waals surface area contributed by atoms with Gasteiger partial charge in [0.05, 0.1) is 0 Å². The van der Waals surface area contributed by atoms with E-state index >= 15 is 0 Å². The van der Waals surface area contributed by atoms with E-state index < -0.39 is 0 Å². The van der Waals surface area contributed by atoms with Crippen molar-refractivity contribution >= 4 is 0 Å². The lowest BCUT2D eigenvalue weighted by atomic mass is 9.99. The Morgan fingerprint density at radius 3 is 2.15 bits per heavy atom. The molecule has 1 N–H and O–H groups in total. The molecule has 0 saturated carbocycles. The molecule has 0 amide bonds. The summed E-state index contributed by atoms with van der Waals surface area (Å²) in [4.78, 5) is 0. The maximum absolute atomic E-state index is 8.71. The van der Waals surface area contributed by atoms with Gasteiger partial charge in [-0.2, -0.15) is 0 Å². The Morgan fingerprint density at radius 2 is 1.54 bits per heavy atom. The minimum Gasteiger partial charge on any atom is -0.396 e. The molecular weight excluding hydrogens is 160 g/mol. The van der Waals surface area contributed by atoms with Crippen molar-refractivity contribution in [3.8, 4) is 0 Å². The normalized spacial score (nSPS) is 13.2. The smallest absolute Gasteiger partial charge is 0.0433 e. The van der Waals surface area contributed by atoms with Crippen molar-refractivity contribution in [2.75, 3.05) is 6.61 Å². The molecule has 1 atom stereocenters. The molecule has 0 spiro atoms. The zero-order valence-corrected chi connectivity index (χ0v) is 9.39. The van der Waals surface area contributed by atoms with Crippen LogP contribution in [0.4, 0.5) is 0 Å². The van der Waals surface area contributed by atoms with Gasteiger partial charge in [0.1, 0.15) is 0 Å². The minimum atomic E-state index is 0.358. The SMILES string of the molecule is CCCCCCCC[C@@H](C)CCO. The number of aliphatic hydroxyl groups excluding tert-OH is 1. The first-order chi connectivity index (χ1) is 6.31. The second-order valence-corrected chi connectivity index (χ2v) is 4.17. The first kappa shape index (κ1) is 13.0. The van der Waals surface area contributed by atoms with Gasteiger partial charge in [-0.05, 0) is 12.3 Å². The lowest BCUT2D eigenvalue weighted by Gasteiger charge is -2.08. The van der Waals surface area contributed by atoms with Crippen LogP contribution >= 0.6 is 0 Å².